The number of rotatable bonds is 1. The van der Waals surface area contributed by atoms with Crippen LogP contribution in [0.1, 0.15) is 55.5 Å². The molecule has 1 aromatic carbocycles. The molecule has 3 aromatic rings. The number of anilines is 1. The smallest absolute Gasteiger partial charge is 0.145 e. The van der Waals surface area contributed by atoms with Crippen molar-refractivity contribution in [2.24, 2.45) is 0 Å². The lowest BCUT2D eigenvalue weighted by Crippen LogP contribution is -2.40. The predicted molar refractivity (Wildman–Crippen MR) is 96.3 cm³/mol. The highest BCUT2D eigenvalue weighted by molar-refractivity contribution is 7.17. The van der Waals surface area contributed by atoms with Gasteiger partial charge in [-0.15, -0.1) is 11.3 Å². The van der Waals surface area contributed by atoms with E-state index >= 15 is 0 Å². The number of fused-ring (bicyclic) bond motifs is 4. The zero-order valence-corrected chi connectivity index (χ0v) is 14.5. The number of hydrogen-bond donors (Lipinski definition) is 0. The van der Waals surface area contributed by atoms with Gasteiger partial charge >= 0.3 is 0 Å². The topological polar surface area (TPSA) is 16.4 Å². The fourth-order valence-corrected chi connectivity index (χ4v) is 5.82. The first-order valence-corrected chi connectivity index (χ1v) is 9.46. The van der Waals surface area contributed by atoms with Crippen LogP contribution < -0.4 is 4.90 Å². The van der Waals surface area contributed by atoms with Gasteiger partial charge in [-0.2, -0.15) is 0 Å². The van der Waals surface area contributed by atoms with Gasteiger partial charge in [0.25, 0.3) is 0 Å². The van der Waals surface area contributed by atoms with Crippen molar-refractivity contribution in [3.8, 4) is 0 Å². The van der Waals surface area contributed by atoms with Gasteiger partial charge in [-0.05, 0) is 49.8 Å². The Morgan fingerprint density at radius 1 is 1.17 bits per heavy atom. The molecule has 1 fully saturated rings. The summed E-state index contributed by atoms with van der Waals surface area (Å²) in [6.45, 7) is 4.58. The second-order valence-corrected chi connectivity index (χ2v) is 7.95. The lowest BCUT2D eigenvalue weighted by Gasteiger charge is -2.40. The van der Waals surface area contributed by atoms with Crippen molar-refractivity contribution in [3.05, 3.63) is 52.6 Å². The molecule has 5 rings (SSSR count). The van der Waals surface area contributed by atoms with E-state index in [2.05, 4.69) is 54.5 Å². The molecular weight excluding hydrogens is 302 g/mol. The largest absolute Gasteiger partial charge is 0.457 e. The third-order valence-electron chi connectivity index (χ3n) is 5.82. The van der Waals surface area contributed by atoms with Crippen LogP contribution in [0, 0.1) is 6.92 Å². The van der Waals surface area contributed by atoms with E-state index in [4.69, 9.17) is 4.42 Å². The van der Waals surface area contributed by atoms with Crippen molar-refractivity contribution in [1.29, 1.82) is 0 Å². The molecule has 0 saturated heterocycles. The molecule has 0 amide bonds. The zero-order chi connectivity index (χ0) is 15.6. The van der Waals surface area contributed by atoms with Crippen LogP contribution in [0.4, 0.5) is 5.69 Å². The van der Waals surface area contributed by atoms with E-state index in [1.807, 2.05) is 11.3 Å². The third-order valence-corrected chi connectivity index (χ3v) is 6.75. The van der Waals surface area contributed by atoms with Crippen LogP contribution in [-0.4, -0.2) is 0 Å². The van der Waals surface area contributed by atoms with E-state index in [-0.39, 0.29) is 5.54 Å². The minimum atomic E-state index is 0.0691. The lowest BCUT2D eigenvalue weighted by molar-refractivity contribution is 0.348. The van der Waals surface area contributed by atoms with Crippen LogP contribution >= 0.6 is 11.3 Å². The Morgan fingerprint density at radius 3 is 2.74 bits per heavy atom. The van der Waals surface area contributed by atoms with E-state index in [1.165, 1.54) is 53.0 Å². The quantitative estimate of drug-likeness (QED) is 0.534. The molecule has 23 heavy (non-hydrogen) atoms. The summed E-state index contributed by atoms with van der Waals surface area (Å²) in [5.41, 5.74) is 5.33. The van der Waals surface area contributed by atoms with Gasteiger partial charge in [-0.3, -0.25) is 0 Å². The van der Waals surface area contributed by atoms with Crippen molar-refractivity contribution in [3.63, 3.8) is 0 Å². The Labute approximate surface area is 140 Å². The van der Waals surface area contributed by atoms with Crippen molar-refractivity contribution in [2.45, 2.75) is 51.1 Å². The summed E-state index contributed by atoms with van der Waals surface area (Å²) >= 11 is 1.83. The summed E-state index contributed by atoms with van der Waals surface area (Å²) < 4.78 is 7.78. The third kappa shape index (κ3) is 1.64. The molecule has 2 nitrogen and oxygen atoms in total. The SMILES string of the molecule is Cc1ccccc1N1[C@@H](C)c2c(oc3ccsc23)C12CCCC2. The second-order valence-electron chi connectivity index (χ2n) is 7.03. The maximum atomic E-state index is 6.42. The number of furan rings is 1. The van der Waals surface area contributed by atoms with Crippen LogP contribution in [0.15, 0.2) is 40.1 Å². The van der Waals surface area contributed by atoms with Crippen LogP contribution in [0.2, 0.25) is 0 Å². The zero-order valence-electron chi connectivity index (χ0n) is 13.6. The first kappa shape index (κ1) is 13.7. The Kier molecular flexibility index (Phi) is 2.76. The minimum absolute atomic E-state index is 0.0691. The molecule has 0 unspecified atom stereocenters. The highest BCUT2D eigenvalue weighted by Crippen LogP contribution is 2.59. The maximum Gasteiger partial charge on any atom is 0.145 e. The minimum Gasteiger partial charge on any atom is -0.457 e. The van der Waals surface area contributed by atoms with Gasteiger partial charge in [0.15, 0.2) is 0 Å². The van der Waals surface area contributed by atoms with Gasteiger partial charge in [0.1, 0.15) is 11.3 Å². The maximum absolute atomic E-state index is 6.42. The van der Waals surface area contributed by atoms with Gasteiger partial charge in [0.05, 0.1) is 16.3 Å². The number of nitrogens with zero attached hydrogens (tertiary/aromatic N) is 1. The molecule has 2 aliphatic rings. The highest BCUT2D eigenvalue weighted by Gasteiger charge is 2.54. The number of benzene rings is 1. The first-order valence-electron chi connectivity index (χ1n) is 8.58. The molecule has 1 spiro atoms. The van der Waals surface area contributed by atoms with E-state index in [0.29, 0.717) is 6.04 Å². The van der Waals surface area contributed by atoms with Crippen molar-refractivity contribution in [1.82, 2.24) is 0 Å². The summed E-state index contributed by atoms with van der Waals surface area (Å²) in [6, 6.07) is 11.3. The van der Waals surface area contributed by atoms with Crippen molar-refractivity contribution >= 4 is 27.3 Å². The summed E-state index contributed by atoms with van der Waals surface area (Å²) in [7, 11) is 0. The summed E-state index contributed by atoms with van der Waals surface area (Å²) in [6.07, 6.45) is 5.00. The Balaban J connectivity index is 1.78. The van der Waals surface area contributed by atoms with Crippen molar-refractivity contribution in [2.75, 3.05) is 4.90 Å². The number of thiophene rings is 1. The summed E-state index contributed by atoms with van der Waals surface area (Å²) in [5, 5.41) is 2.15. The second kappa shape index (κ2) is 4.64. The van der Waals surface area contributed by atoms with Gasteiger partial charge in [0, 0.05) is 11.3 Å². The molecule has 3 heterocycles. The molecule has 1 atom stereocenters. The fourth-order valence-electron chi connectivity index (χ4n) is 4.88. The summed E-state index contributed by atoms with van der Waals surface area (Å²) in [5.74, 6) is 1.26. The molecule has 0 N–H and O–H groups in total. The molecule has 118 valence electrons. The van der Waals surface area contributed by atoms with E-state index < -0.39 is 0 Å². The molecule has 2 aromatic heterocycles. The van der Waals surface area contributed by atoms with Crippen LogP contribution in [0.3, 0.4) is 0 Å². The van der Waals surface area contributed by atoms with Gasteiger partial charge in [-0.1, -0.05) is 31.0 Å². The average Bonchev–Trinajstić information content (AvgIpc) is 3.26. The Morgan fingerprint density at radius 2 is 1.96 bits per heavy atom. The standard InChI is InChI=1S/C20H21NOS/c1-13-7-3-4-8-15(13)21-14(2)17-18-16(9-12-23-18)22-19(17)20(21)10-5-6-11-20/h3-4,7-9,12,14H,5-6,10-11H2,1-2H3/t14-/m0/s1. The van der Waals surface area contributed by atoms with Crippen LogP contribution in [0.25, 0.3) is 10.3 Å². The van der Waals surface area contributed by atoms with E-state index in [9.17, 15) is 0 Å². The summed E-state index contributed by atoms with van der Waals surface area (Å²) in [4.78, 5) is 2.67. The van der Waals surface area contributed by atoms with Gasteiger partial charge < -0.3 is 9.32 Å². The monoisotopic (exact) mass is 323 g/mol. The average molecular weight is 323 g/mol. The first-order chi connectivity index (χ1) is 11.2. The Bertz CT molecular complexity index is 884. The van der Waals surface area contributed by atoms with Gasteiger partial charge in [0.2, 0.25) is 0 Å². The lowest BCUT2D eigenvalue weighted by atomic mass is 9.93. The van der Waals surface area contributed by atoms with Crippen molar-refractivity contribution < 1.29 is 4.42 Å². The number of para-hydroxylation sites is 1. The molecular formula is C20H21NOS. The highest BCUT2D eigenvalue weighted by atomic mass is 32.1. The van der Waals surface area contributed by atoms with Gasteiger partial charge in [-0.25, -0.2) is 0 Å². The molecule has 1 saturated carbocycles. The normalized spacial score (nSPS) is 22.3. The molecule has 0 radical (unpaired) electrons. The van der Waals surface area contributed by atoms with Crippen LogP contribution in [-0.2, 0) is 5.54 Å². The fraction of sp³-hybridized carbons (Fsp3) is 0.400. The number of hydrogen-bond acceptors (Lipinski definition) is 3. The predicted octanol–water partition coefficient (Wildman–Crippen LogP) is 6.15. The molecule has 0 bridgehead atoms. The Hall–Kier alpha value is -1.74. The molecule has 3 heteroatoms. The van der Waals surface area contributed by atoms with E-state index in [0.717, 1.165) is 5.58 Å². The number of aryl methyl sites for hydroxylation is 1. The molecule has 1 aliphatic carbocycles. The molecule has 1 aliphatic heterocycles. The van der Waals surface area contributed by atoms with E-state index in [1.54, 1.807) is 0 Å². The van der Waals surface area contributed by atoms with Crippen LogP contribution in [0.5, 0.6) is 0 Å².